The van der Waals surface area contributed by atoms with E-state index in [1.807, 2.05) is 0 Å². The Labute approximate surface area is 149 Å². The summed E-state index contributed by atoms with van der Waals surface area (Å²) in [6, 6.07) is 12.0. The van der Waals surface area contributed by atoms with E-state index in [9.17, 15) is 9.18 Å². The number of carboxylic acid groups (broad SMARTS) is 1. The second kappa shape index (κ2) is 9.08. The summed E-state index contributed by atoms with van der Waals surface area (Å²) in [6.07, 6.45) is 1.24. The first-order valence-electron chi connectivity index (χ1n) is 7.58. The smallest absolute Gasteiger partial charge is 0.346 e. The van der Waals surface area contributed by atoms with Crippen molar-refractivity contribution in [2.45, 2.75) is 0 Å². The zero-order valence-corrected chi connectivity index (χ0v) is 13.9. The Morgan fingerprint density at radius 3 is 2.46 bits per heavy atom. The molecule has 0 unspecified atom stereocenters. The lowest BCUT2D eigenvalue weighted by Crippen LogP contribution is -2.09. The molecule has 2 aromatic carbocycles. The SMILES string of the molecule is COc1ccc(C=C(C#N)C(=O)O)cc1OCCOc1ccc(F)cc1. The first kappa shape index (κ1) is 18.8. The molecule has 7 heteroatoms. The van der Waals surface area contributed by atoms with Gasteiger partial charge in [-0.15, -0.1) is 0 Å². The lowest BCUT2D eigenvalue weighted by atomic mass is 10.1. The van der Waals surface area contributed by atoms with Crippen molar-refractivity contribution in [3.05, 3.63) is 59.4 Å². The Morgan fingerprint density at radius 1 is 1.15 bits per heavy atom. The van der Waals surface area contributed by atoms with Crippen LogP contribution >= 0.6 is 0 Å². The molecule has 6 nitrogen and oxygen atoms in total. The van der Waals surface area contributed by atoms with E-state index >= 15 is 0 Å². The molecule has 0 bridgehead atoms. The summed E-state index contributed by atoms with van der Waals surface area (Å²) in [5, 5.41) is 17.7. The summed E-state index contributed by atoms with van der Waals surface area (Å²) < 4.78 is 29.1. The minimum absolute atomic E-state index is 0.185. The van der Waals surface area contributed by atoms with E-state index in [1.54, 1.807) is 24.3 Å². The highest BCUT2D eigenvalue weighted by Crippen LogP contribution is 2.29. The molecule has 0 saturated heterocycles. The Balaban J connectivity index is 2.03. The number of hydrogen-bond acceptors (Lipinski definition) is 5. The summed E-state index contributed by atoms with van der Waals surface area (Å²) in [7, 11) is 1.48. The molecule has 0 saturated carbocycles. The maximum atomic E-state index is 12.8. The third-order valence-corrected chi connectivity index (χ3v) is 3.27. The van der Waals surface area contributed by atoms with Crippen LogP contribution in [-0.2, 0) is 4.79 Å². The van der Waals surface area contributed by atoms with E-state index in [0.29, 0.717) is 22.8 Å². The second-order valence-corrected chi connectivity index (χ2v) is 5.04. The zero-order chi connectivity index (χ0) is 18.9. The predicted molar refractivity (Wildman–Crippen MR) is 91.6 cm³/mol. The first-order chi connectivity index (χ1) is 12.5. The molecule has 1 N–H and O–H groups in total. The van der Waals surface area contributed by atoms with E-state index in [2.05, 4.69) is 0 Å². The first-order valence-corrected chi connectivity index (χ1v) is 7.58. The molecule has 134 valence electrons. The Bertz CT molecular complexity index is 840. The van der Waals surface area contributed by atoms with Crippen LogP contribution < -0.4 is 14.2 Å². The molecule has 2 rings (SSSR count). The van der Waals surface area contributed by atoms with Gasteiger partial charge in [0.1, 0.15) is 36.4 Å². The number of methoxy groups -OCH3 is 1. The highest BCUT2D eigenvalue weighted by Gasteiger charge is 2.09. The molecule has 2 aromatic rings. The molecule has 0 heterocycles. The average Bonchev–Trinajstić information content (AvgIpc) is 2.64. The van der Waals surface area contributed by atoms with Crippen molar-refractivity contribution in [2.75, 3.05) is 20.3 Å². The summed E-state index contributed by atoms with van der Waals surface area (Å²) in [6.45, 7) is 0.401. The molecular formula is C19H16FNO5. The van der Waals surface area contributed by atoms with E-state index in [-0.39, 0.29) is 24.6 Å². The molecule has 0 aliphatic rings. The van der Waals surface area contributed by atoms with Crippen LogP contribution in [0.4, 0.5) is 4.39 Å². The van der Waals surface area contributed by atoms with Gasteiger partial charge in [0.05, 0.1) is 7.11 Å². The predicted octanol–water partition coefficient (Wildman–Crippen LogP) is 3.28. The average molecular weight is 357 g/mol. The Kier molecular flexibility index (Phi) is 6.57. The van der Waals surface area contributed by atoms with Gasteiger partial charge in [-0.2, -0.15) is 5.26 Å². The molecule has 0 aliphatic heterocycles. The van der Waals surface area contributed by atoms with Gasteiger partial charge in [0.2, 0.25) is 0 Å². The van der Waals surface area contributed by atoms with E-state index in [4.69, 9.17) is 24.6 Å². The molecule has 0 atom stereocenters. The third-order valence-electron chi connectivity index (χ3n) is 3.27. The molecule has 0 radical (unpaired) electrons. The van der Waals surface area contributed by atoms with Crippen LogP contribution in [0.3, 0.4) is 0 Å². The van der Waals surface area contributed by atoms with Gasteiger partial charge in [0.15, 0.2) is 11.5 Å². The molecule has 0 fully saturated rings. The summed E-state index contributed by atoms with van der Waals surface area (Å²) in [4.78, 5) is 10.9. The van der Waals surface area contributed by atoms with Gasteiger partial charge in [0, 0.05) is 0 Å². The normalized spacial score (nSPS) is 10.7. The van der Waals surface area contributed by atoms with Gasteiger partial charge < -0.3 is 19.3 Å². The molecular weight excluding hydrogens is 341 g/mol. The summed E-state index contributed by atoms with van der Waals surface area (Å²) >= 11 is 0. The maximum Gasteiger partial charge on any atom is 0.346 e. The number of carbonyl (C=O) groups is 1. The van der Waals surface area contributed by atoms with Crippen LogP contribution in [-0.4, -0.2) is 31.4 Å². The van der Waals surface area contributed by atoms with Crippen LogP contribution in [0.2, 0.25) is 0 Å². The lowest BCUT2D eigenvalue weighted by molar-refractivity contribution is -0.132. The Hall–Kier alpha value is -3.53. The Morgan fingerprint density at radius 2 is 1.85 bits per heavy atom. The summed E-state index contributed by atoms with van der Waals surface area (Å²) in [5.41, 5.74) is 0.0972. The monoisotopic (exact) mass is 357 g/mol. The fourth-order valence-corrected chi connectivity index (χ4v) is 2.05. The number of nitrogens with zero attached hydrogens (tertiary/aromatic N) is 1. The van der Waals surface area contributed by atoms with Crippen LogP contribution in [0, 0.1) is 17.1 Å². The minimum atomic E-state index is -1.31. The van der Waals surface area contributed by atoms with Crippen molar-refractivity contribution >= 4 is 12.0 Å². The summed E-state index contributed by atoms with van der Waals surface area (Å²) in [5.74, 6) is -0.303. The quantitative estimate of drug-likeness (QED) is 0.443. The van der Waals surface area contributed by atoms with Gasteiger partial charge in [-0.1, -0.05) is 6.07 Å². The van der Waals surface area contributed by atoms with E-state index in [0.717, 1.165) is 0 Å². The molecule has 0 aromatic heterocycles. The lowest BCUT2D eigenvalue weighted by Gasteiger charge is -2.12. The topological polar surface area (TPSA) is 88.8 Å². The number of ether oxygens (including phenoxy) is 3. The zero-order valence-electron chi connectivity index (χ0n) is 13.9. The molecule has 0 amide bonds. The van der Waals surface area contributed by atoms with Crippen molar-refractivity contribution in [3.8, 4) is 23.3 Å². The van der Waals surface area contributed by atoms with Crippen LogP contribution in [0.25, 0.3) is 6.08 Å². The van der Waals surface area contributed by atoms with Gasteiger partial charge in [-0.25, -0.2) is 9.18 Å². The number of carboxylic acids is 1. The second-order valence-electron chi connectivity index (χ2n) is 5.04. The standard InChI is InChI=1S/C19H16FNO5/c1-24-17-7-2-13(10-14(12-21)19(22)23)11-18(17)26-9-8-25-16-5-3-15(20)4-6-16/h2-7,10-11H,8-9H2,1H3,(H,22,23). The fraction of sp³-hybridized carbons (Fsp3) is 0.158. The highest BCUT2D eigenvalue weighted by atomic mass is 19.1. The van der Waals surface area contributed by atoms with Gasteiger partial charge in [-0.3, -0.25) is 0 Å². The number of rotatable bonds is 8. The fourth-order valence-electron chi connectivity index (χ4n) is 2.05. The highest BCUT2D eigenvalue weighted by molar-refractivity contribution is 5.96. The van der Waals surface area contributed by atoms with Gasteiger partial charge in [-0.05, 0) is 48.0 Å². The molecule has 0 aliphatic carbocycles. The van der Waals surface area contributed by atoms with Crippen molar-refractivity contribution < 1.29 is 28.5 Å². The van der Waals surface area contributed by atoms with Crippen molar-refractivity contribution in [2.24, 2.45) is 0 Å². The molecule has 26 heavy (non-hydrogen) atoms. The number of halogens is 1. The third kappa shape index (κ3) is 5.24. The number of nitriles is 1. The number of aliphatic carboxylic acids is 1. The van der Waals surface area contributed by atoms with Crippen LogP contribution in [0.15, 0.2) is 48.0 Å². The minimum Gasteiger partial charge on any atom is -0.493 e. The number of benzene rings is 2. The van der Waals surface area contributed by atoms with Crippen molar-refractivity contribution in [1.29, 1.82) is 5.26 Å². The maximum absolute atomic E-state index is 12.8. The van der Waals surface area contributed by atoms with Crippen molar-refractivity contribution in [3.63, 3.8) is 0 Å². The molecule has 0 spiro atoms. The van der Waals surface area contributed by atoms with Gasteiger partial charge >= 0.3 is 5.97 Å². The largest absolute Gasteiger partial charge is 0.493 e. The van der Waals surface area contributed by atoms with Crippen LogP contribution in [0.5, 0.6) is 17.2 Å². The number of hydrogen-bond donors (Lipinski definition) is 1. The van der Waals surface area contributed by atoms with Gasteiger partial charge in [0.25, 0.3) is 0 Å². The van der Waals surface area contributed by atoms with E-state index < -0.39 is 5.97 Å². The van der Waals surface area contributed by atoms with Crippen LogP contribution in [0.1, 0.15) is 5.56 Å². The van der Waals surface area contributed by atoms with E-state index in [1.165, 1.54) is 37.5 Å². The van der Waals surface area contributed by atoms with Crippen molar-refractivity contribution in [1.82, 2.24) is 0 Å².